The van der Waals surface area contributed by atoms with Crippen LogP contribution in [0.25, 0.3) is 0 Å². The molecule has 1 aromatic heterocycles. The van der Waals surface area contributed by atoms with Crippen LogP contribution in [0.3, 0.4) is 0 Å². The zero-order chi connectivity index (χ0) is 20.3. The number of sulfonamides is 1. The second-order valence-corrected chi connectivity index (χ2v) is 9.84. The highest BCUT2D eigenvalue weighted by Crippen LogP contribution is 2.32. The normalized spacial score (nSPS) is 16.1. The molecule has 7 nitrogen and oxygen atoms in total. The van der Waals surface area contributed by atoms with Gasteiger partial charge in [0.25, 0.3) is 10.0 Å². The molecule has 28 heavy (non-hydrogen) atoms. The Labute approximate surface area is 170 Å². The number of nitrogens with one attached hydrogen (secondary N) is 1. The quantitative estimate of drug-likeness (QED) is 0.731. The number of benzene rings is 1. The highest BCUT2D eigenvalue weighted by molar-refractivity contribution is 7.93. The molecule has 1 aliphatic rings. The Kier molecular flexibility index (Phi) is 6.47. The van der Waals surface area contributed by atoms with Crippen LogP contribution in [0.5, 0.6) is 11.5 Å². The third kappa shape index (κ3) is 4.76. The fourth-order valence-corrected chi connectivity index (χ4v) is 5.63. The summed E-state index contributed by atoms with van der Waals surface area (Å²) in [7, 11) is -0.927. The molecule has 2 heterocycles. The van der Waals surface area contributed by atoms with Crippen molar-refractivity contribution in [2.45, 2.75) is 38.1 Å². The average Bonchev–Trinajstić information content (AvgIpc) is 3.01. The maximum absolute atomic E-state index is 12.9. The standard InChI is InChI=1S/C19H27N3O4S2/c1-13-7-9-22(10-8-13)12-17-14(2)20-19(27-17)21-28(23,24)18-11-15(25-3)5-6-16(18)26-4/h5-6,11,13H,7-10,12H2,1-4H3,(H,20,21). The third-order valence-electron chi connectivity index (χ3n) is 5.02. The van der Waals surface area contributed by atoms with Crippen LogP contribution in [0, 0.1) is 12.8 Å². The summed E-state index contributed by atoms with van der Waals surface area (Å²) in [6.07, 6.45) is 2.40. The Hall–Kier alpha value is -1.84. The molecule has 0 aliphatic carbocycles. The van der Waals surface area contributed by atoms with Crippen molar-refractivity contribution in [1.82, 2.24) is 9.88 Å². The molecule has 1 aromatic carbocycles. The van der Waals surface area contributed by atoms with Crippen LogP contribution < -0.4 is 14.2 Å². The molecule has 0 atom stereocenters. The number of ether oxygens (including phenoxy) is 2. The maximum atomic E-state index is 12.9. The average molecular weight is 426 g/mol. The lowest BCUT2D eigenvalue weighted by atomic mass is 9.99. The first-order chi connectivity index (χ1) is 13.3. The molecule has 1 aliphatic heterocycles. The highest BCUT2D eigenvalue weighted by Gasteiger charge is 2.24. The summed E-state index contributed by atoms with van der Waals surface area (Å²) in [6.45, 7) is 7.15. The fraction of sp³-hybridized carbons (Fsp3) is 0.526. The van der Waals surface area contributed by atoms with Crippen LogP contribution in [0.1, 0.15) is 30.3 Å². The molecule has 9 heteroatoms. The zero-order valence-corrected chi connectivity index (χ0v) is 18.3. The Morgan fingerprint density at radius 3 is 2.61 bits per heavy atom. The van der Waals surface area contributed by atoms with E-state index in [1.54, 1.807) is 12.1 Å². The zero-order valence-electron chi connectivity index (χ0n) is 16.7. The molecular weight excluding hydrogens is 398 g/mol. The predicted octanol–water partition coefficient (Wildman–Crippen LogP) is 3.50. The van der Waals surface area contributed by atoms with Gasteiger partial charge in [-0.2, -0.15) is 0 Å². The van der Waals surface area contributed by atoms with Gasteiger partial charge in [0.2, 0.25) is 0 Å². The van der Waals surface area contributed by atoms with E-state index in [1.165, 1.54) is 44.5 Å². The molecule has 2 aromatic rings. The number of thiazole rings is 1. The molecule has 0 bridgehead atoms. The van der Waals surface area contributed by atoms with Gasteiger partial charge in [-0.15, -0.1) is 0 Å². The molecule has 1 N–H and O–H groups in total. The second kappa shape index (κ2) is 8.67. The summed E-state index contributed by atoms with van der Waals surface area (Å²) >= 11 is 1.38. The van der Waals surface area contributed by atoms with Gasteiger partial charge >= 0.3 is 0 Å². The summed E-state index contributed by atoms with van der Waals surface area (Å²) in [5.41, 5.74) is 0.860. The van der Waals surface area contributed by atoms with Gasteiger partial charge < -0.3 is 9.47 Å². The number of methoxy groups -OCH3 is 2. The molecular formula is C19H27N3O4S2. The third-order valence-corrected chi connectivity index (χ3v) is 7.57. The summed E-state index contributed by atoms with van der Waals surface area (Å²) in [6, 6.07) is 4.67. The van der Waals surface area contributed by atoms with E-state index in [0.29, 0.717) is 10.9 Å². The number of hydrogen-bond acceptors (Lipinski definition) is 7. The van der Waals surface area contributed by atoms with E-state index in [-0.39, 0.29) is 10.6 Å². The van der Waals surface area contributed by atoms with E-state index in [0.717, 1.165) is 36.1 Å². The Bertz CT molecular complexity index is 919. The van der Waals surface area contributed by atoms with Gasteiger partial charge in [0.05, 0.1) is 19.9 Å². The first kappa shape index (κ1) is 20.9. The van der Waals surface area contributed by atoms with Crippen molar-refractivity contribution in [3.63, 3.8) is 0 Å². The van der Waals surface area contributed by atoms with Crippen molar-refractivity contribution in [3.8, 4) is 11.5 Å². The van der Waals surface area contributed by atoms with Gasteiger partial charge in [-0.1, -0.05) is 18.3 Å². The first-order valence-electron chi connectivity index (χ1n) is 9.26. The van der Waals surface area contributed by atoms with Gasteiger partial charge in [0.15, 0.2) is 5.13 Å². The van der Waals surface area contributed by atoms with Crippen molar-refractivity contribution in [1.29, 1.82) is 0 Å². The van der Waals surface area contributed by atoms with Crippen molar-refractivity contribution in [2.75, 3.05) is 32.0 Å². The number of hydrogen-bond donors (Lipinski definition) is 1. The van der Waals surface area contributed by atoms with E-state index in [4.69, 9.17) is 9.47 Å². The molecule has 0 saturated carbocycles. The lowest BCUT2D eigenvalue weighted by Gasteiger charge is -2.29. The van der Waals surface area contributed by atoms with Gasteiger partial charge in [-0.05, 0) is 50.9 Å². The summed E-state index contributed by atoms with van der Waals surface area (Å²) in [4.78, 5) is 7.95. The highest BCUT2D eigenvalue weighted by atomic mass is 32.2. The molecule has 1 fully saturated rings. The van der Waals surface area contributed by atoms with Crippen LogP contribution in [0.15, 0.2) is 23.1 Å². The van der Waals surface area contributed by atoms with Gasteiger partial charge in [-0.25, -0.2) is 13.4 Å². The number of nitrogens with zero attached hydrogens (tertiary/aromatic N) is 2. The molecule has 0 amide bonds. The Morgan fingerprint density at radius 1 is 1.25 bits per heavy atom. The van der Waals surface area contributed by atoms with Gasteiger partial charge in [-0.3, -0.25) is 9.62 Å². The smallest absolute Gasteiger partial charge is 0.267 e. The van der Waals surface area contributed by atoms with E-state index in [2.05, 4.69) is 21.5 Å². The SMILES string of the molecule is COc1ccc(OC)c(S(=O)(=O)Nc2nc(C)c(CN3CCC(C)CC3)s2)c1. The molecule has 0 radical (unpaired) electrons. The Morgan fingerprint density at radius 2 is 1.96 bits per heavy atom. The van der Waals surface area contributed by atoms with E-state index in [1.807, 2.05) is 6.92 Å². The fourth-order valence-electron chi connectivity index (χ4n) is 3.21. The van der Waals surface area contributed by atoms with Gasteiger partial charge in [0.1, 0.15) is 16.4 Å². The number of rotatable bonds is 7. The van der Waals surface area contributed by atoms with E-state index >= 15 is 0 Å². The minimum absolute atomic E-state index is 0.0220. The molecule has 3 rings (SSSR count). The van der Waals surface area contributed by atoms with E-state index < -0.39 is 10.0 Å². The van der Waals surface area contributed by atoms with Crippen molar-refractivity contribution in [2.24, 2.45) is 5.92 Å². The number of anilines is 1. The molecule has 1 saturated heterocycles. The lowest BCUT2D eigenvalue weighted by Crippen LogP contribution is -2.32. The van der Waals surface area contributed by atoms with Crippen LogP contribution in [0.4, 0.5) is 5.13 Å². The summed E-state index contributed by atoms with van der Waals surface area (Å²) < 4.78 is 38.8. The number of likely N-dealkylation sites (tertiary alicyclic amines) is 1. The van der Waals surface area contributed by atoms with Crippen LogP contribution in [-0.2, 0) is 16.6 Å². The maximum Gasteiger partial charge on any atom is 0.267 e. The number of piperidine rings is 1. The first-order valence-corrected chi connectivity index (χ1v) is 11.6. The van der Waals surface area contributed by atoms with Crippen LogP contribution in [-0.4, -0.2) is 45.6 Å². The van der Waals surface area contributed by atoms with Crippen molar-refractivity contribution < 1.29 is 17.9 Å². The minimum atomic E-state index is -3.85. The van der Waals surface area contributed by atoms with E-state index in [9.17, 15) is 8.42 Å². The van der Waals surface area contributed by atoms with Crippen molar-refractivity contribution in [3.05, 3.63) is 28.8 Å². The molecule has 0 spiro atoms. The number of aromatic nitrogens is 1. The monoisotopic (exact) mass is 425 g/mol. The molecule has 154 valence electrons. The van der Waals surface area contributed by atoms with Crippen LogP contribution >= 0.6 is 11.3 Å². The van der Waals surface area contributed by atoms with Crippen LogP contribution in [0.2, 0.25) is 0 Å². The number of aryl methyl sites for hydroxylation is 1. The molecule has 0 unspecified atom stereocenters. The van der Waals surface area contributed by atoms with Gasteiger partial charge in [0, 0.05) is 17.5 Å². The largest absolute Gasteiger partial charge is 0.497 e. The predicted molar refractivity (Wildman–Crippen MR) is 111 cm³/mol. The second-order valence-electron chi connectivity index (χ2n) is 7.11. The van der Waals surface area contributed by atoms with Crippen molar-refractivity contribution >= 4 is 26.5 Å². The summed E-state index contributed by atoms with van der Waals surface area (Å²) in [5, 5.41) is 0.364. The summed E-state index contributed by atoms with van der Waals surface area (Å²) in [5.74, 6) is 1.47. The Balaban J connectivity index is 1.78. The minimum Gasteiger partial charge on any atom is -0.497 e. The lowest BCUT2D eigenvalue weighted by molar-refractivity contribution is 0.186. The topological polar surface area (TPSA) is 80.8 Å².